The first kappa shape index (κ1) is 26.1. The van der Waals surface area contributed by atoms with E-state index in [9.17, 15) is 14.4 Å². The van der Waals surface area contributed by atoms with Gasteiger partial charge in [0.25, 0.3) is 11.8 Å². The maximum atomic E-state index is 13.7. The minimum absolute atomic E-state index is 0.122. The molecule has 1 saturated heterocycles. The molecule has 4 aromatic rings. The van der Waals surface area contributed by atoms with Crippen molar-refractivity contribution in [3.05, 3.63) is 104 Å². The van der Waals surface area contributed by atoms with E-state index < -0.39 is 11.9 Å². The number of imide groups is 1. The predicted molar refractivity (Wildman–Crippen MR) is 160 cm³/mol. The van der Waals surface area contributed by atoms with E-state index >= 15 is 0 Å². The molecule has 0 spiro atoms. The molecule has 2 aromatic carbocycles. The summed E-state index contributed by atoms with van der Waals surface area (Å²) < 4.78 is 2.09. The number of benzene rings is 2. The fraction of sp³-hybridized carbons (Fsp3) is 0.194. The molecule has 2 aliphatic rings. The molecule has 4 amide bonds. The normalized spacial score (nSPS) is 15.9. The van der Waals surface area contributed by atoms with Crippen molar-refractivity contribution >= 4 is 58.2 Å². The maximum absolute atomic E-state index is 13.7. The van der Waals surface area contributed by atoms with E-state index in [-0.39, 0.29) is 11.6 Å². The number of urea groups is 1. The van der Waals surface area contributed by atoms with Gasteiger partial charge in [-0.2, -0.15) is 0 Å². The monoisotopic (exact) mass is 570 g/mol. The number of amides is 4. The molecule has 0 unspecified atom stereocenters. The number of hydrogen-bond acceptors (Lipinski definition) is 4. The van der Waals surface area contributed by atoms with E-state index in [1.165, 1.54) is 4.88 Å². The van der Waals surface area contributed by atoms with E-state index in [1.807, 2.05) is 50.2 Å². The van der Waals surface area contributed by atoms with E-state index in [4.69, 9.17) is 11.6 Å². The largest absolute Gasteiger partial charge is 0.333 e. The highest BCUT2D eigenvalue weighted by Gasteiger charge is 2.35. The molecular formula is C31H27ClN4O3S. The molecule has 6 rings (SSSR count). The van der Waals surface area contributed by atoms with E-state index in [0.717, 1.165) is 63.8 Å². The molecule has 0 radical (unpaired) electrons. The SMILES string of the molecule is Cc1cc(/C=C2/NC(=O)N(c3cccc(Cl)c3)C2=O)c(C)n1-c1sc2c(c1C(=O)Nc1ccccc1)CCCC2. The van der Waals surface area contributed by atoms with Crippen LogP contribution in [0.15, 0.2) is 66.4 Å². The van der Waals surface area contributed by atoms with Crippen LogP contribution in [-0.2, 0) is 17.6 Å². The van der Waals surface area contributed by atoms with Crippen molar-refractivity contribution in [1.29, 1.82) is 0 Å². The highest BCUT2D eigenvalue weighted by molar-refractivity contribution is 7.15. The standard InChI is InChI=1S/C31H27ClN4O3S/c1-18-15-20(16-25-29(38)36(31(39)34-25)23-12-8-9-21(32)17-23)19(2)35(18)30-27(24-13-6-7-14-26(24)40-30)28(37)33-22-10-4-3-5-11-22/h3-5,8-12,15-17H,6-7,13-14H2,1-2H3,(H,33,37)(H,34,39)/b25-16+. The number of nitrogens with zero attached hydrogens (tertiary/aromatic N) is 2. The number of carbonyl (C=O) groups excluding carboxylic acids is 3. The minimum Gasteiger partial charge on any atom is -0.322 e. The third-order valence-corrected chi connectivity index (χ3v) is 8.84. The molecule has 1 aliphatic carbocycles. The number of rotatable bonds is 5. The topological polar surface area (TPSA) is 83.4 Å². The zero-order valence-corrected chi connectivity index (χ0v) is 23.7. The molecule has 0 saturated carbocycles. The van der Waals surface area contributed by atoms with Crippen LogP contribution in [0.4, 0.5) is 16.2 Å². The molecule has 7 nitrogen and oxygen atoms in total. The van der Waals surface area contributed by atoms with Crippen LogP contribution in [0.3, 0.4) is 0 Å². The second kappa shape index (κ2) is 10.4. The second-order valence-electron chi connectivity index (χ2n) is 9.98. The Balaban J connectivity index is 1.39. The molecule has 3 heterocycles. The van der Waals surface area contributed by atoms with E-state index in [2.05, 4.69) is 15.2 Å². The average Bonchev–Trinajstić information content (AvgIpc) is 3.54. The molecule has 9 heteroatoms. The van der Waals surface area contributed by atoms with Crippen LogP contribution in [0.25, 0.3) is 11.1 Å². The van der Waals surface area contributed by atoms with Gasteiger partial charge in [-0.3, -0.25) is 9.59 Å². The molecule has 1 fully saturated rings. The first-order chi connectivity index (χ1) is 19.3. The Labute approximate surface area is 241 Å². The number of fused-ring (bicyclic) bond motifs is 1. The molecule has 0 bridgehead atoms. The van der Waals surface area contributed by atoms with Gasteiger partial charge >= 0.3 is 6.03 Å². The Hall–Kier alpha value is -4.14. The summed E-state index contributed by atoms with van der Waals surface area (Å²) in [6, 6.07) is 17.5. The van der Waals surface area contributed by atoms with Gasteiger partial charge in [0.1, 0.15) is 10.7 Å². The first-order valence-corrected chi connectivity index (χ1v) is 14.3. The number of thiophene rings is 1. The number of aryl methyl sites for hydroxylation is 2. The third-order valence-electron chi connectivity index (χ3n) is 7.33. The highest BCUT2D eigenvalue weighted by atomic mass is 35.5. The predicted octanol–water partition coefficient (Wildman–Crippen LogP) is 7.04. The average molecular weight is 571 g/mol. The van der Waals surface area contributed by atoms with Gasteiger partial charge in [-0.25, -0.2) is 9.69 Å². The summed E-state index contributed by atoms with van der Waals surface area (Å²) in [5.41, 5.74) is 5.76. The lowest BCUT2D eigenvalue weighted by Crippen LogP contribution is -2.30. The number of carbonyl (C=O) groups is 3. The summed E-state index contributed by atoms with van der Waals surface area (Å²) in [4.78, 5) is 42.0. The fourth-order valence-corrected chi connectivity index (χ4v) is 7.13. The van der Waals surface area contributed by atoms with Crippen molar-refractivity contribution in [1.82, 2.24) is 9.88 Å². The van der Waals surface area contributed by atoms with Gasteiger partial charge in [0, 0.05) is 27.0 Å². The zero-order valence-electron chi connectivity index (χ0n) is 22.1. The van der Waals surface area contributed by atoms with Gasteiger partial charge < -0.3 is 15.2 Å². The molecule has 40 heavy (non-hydrogen) atoms. The smallest absolute Gasteiger partial charge is 0.322 e. The number of hydrogen-bond donors (Lipinski definition) is 2. The van der Waals surface area contributed by atoms with Crippen LogP contribution in [0.5, 0.6) is 0 Å². The van der Waals surface area contributed by atoms with Crippen LogP contribution in [-0.4, -0.2) is 22.4 Å². The Morgan fingerprint density at radius 3 is 2.58 bits per heavy atom. The Morgan fingerprint density at radius 2 is 1.80 bits per heavy atom. The van der Waals surface area contributed by atoms with Crippen molar-refractivity contribution in [3.63, 3.8) is 0 Å². The molecule has 202 valence electrons. The summed E-state index contributed by atoms with van der Waals surface area (Å²) in [7, 11) is 0. The number of para-hydroxylation sites is 1. The van der Waals surface area contributed by atoms with Crippen molar-refractivity contribution < 1.29 is 14.4 Å². The molecule has 2 N–H and O–H groups in total. The quantitative estimate of drug-likeness (QED) is 0.199. The second-order valence-corrected chi connectivity index (χ2v) is 11.5. The number of anilines is 2. The van der Waals surface area contributed by atoms with E-state index in [1.54, 1.807) is 41.7 Å². The molecular weight excluding hydrogens is 544 g/mol. The minimum atomic E-state index is -0.530. The lowest BCUT2D eigenvalue weighted by atomic mass is 9.95. The molecule has 1 aliphatic heterocycles. The first-order valence-electron chi connectivity index (χ1n) is 13.1. The number of nitrogens with one attached hydrogen (secondary N) is 2. The Morgan fingerprint density at radius 1 is 1.02 bits per heavy atom. The van der Waals surface area contributed by atoms with E-state index in [0.29, 0.717) is 16.3 Å². The lowest BCUT2D eigenvalue weighted by Gasteiger charge is -2.14. The van der Waals surface area contributed by atoms with Gasteiger partial charge in [-0.1, -0.05) is 35.9 Å². The van der Waals surface area contributed by atoms with Crippen molar-refractivity contribution in [2.24, 2.45) is 0 Å². The van der Waals surface area contributed by atoms with Crippen molar-refractivity contribution in [2.45, 2.75) is 39.5 Å². The Kier molecular flexibility index (Phi) is 6.82. The summed E-state index contributed by atoms with van der Waals surface area (Å²) in [5, 5.41) is 7.09. The summed E-state index contributed by atoms with van der Waals surface area (Å²) in [5.74, 6) is -0.574. The van der Waals surface area contributed by atoms with Crippen LogP contribution in [0.1, 0.15) is 50.6 Å². The molecule has 2 aromatic heterocycles. The molecule has 0 atom stereocenters. The summed E-state index contributed by atoms with van der Waals surface area (Å²) in [6.07, 6.45) is 5.70. The van der Waals surface area contributed by atoms with Crippen molar-refractivity contribution in [3.8, 4) is 5.00 Å². The van der Waals surface area contributed by atoms with Gasteiger partial charge in [0.05, 0.1) is 11.3 Å². The summed E-state index contributed by atoms with van der Waals surface area (Å²) in [6.45, 7) is 3.95. The summed E-state index contributed by atoms with van der Waals surface area (Å²) >= 11 is 7.75. The van der Waals surface area contributed by atoms with Gasteiger partial charge in [-0.05, 0) is 93.1 Å². The fourth-order valence-electron chi connectivity index (χ4n) is 5.44. The Bertz CT molecular complexity index is 1700. The van der Waals surface area contributed by atoms with Crippen LogP contribution >= 0.6 is 22.9 Å². The third kappa shape index (κ3) is 4.63. The zero-order chi connectivity index (χ0) is 28.0. The highest BCUT2D eigenvalue weighted by Crippen LogP contribution is 2.39. The number of aromatic nitrogens is 1. The van der Waals surface area contributed by atoms with Crippen molar-refractivity contribution in [2.75, 3.05) is 10.2 Å². The van der Waals surface area contributed by atoms with Gasteiger partial charge in [-0.15, -0.1) is 11.3 Å². The lowest BCUT2D eigenvalue weighted by molar-refractivity contribution is -0.113. The van der Waals surface area contributed by atoms with Crippen LogP contribution < -0.4 is 15.5 Å². The maximum Gasteiger partial charge on any atom is 0.333 e. The van der Waals surface area contributed by atoms with Gasteiger partial charge in [0.2, 0.25) is 0 Å². The van der Waals surface area contributed by atoms with Gasteiger partial charge in [0.15, 0.2) is 0 Å². The number of halogens is 1. The van der Waals surface area contributed by atoms with Crippen LogP contribution in [0, 0.1) is 13.8 Å². The van der Waals surface area contributed by atoms with Crippen LogP contribution in [0.2, 0.25) is 5.02 Å².